The molecule has 6 nitrogen and oxygen atoms in total. The summed E-state index contributed by atoms with van der Waals surface area (Å²) in [6.45, 7) is 5.48. The highest BCUT2D eigenvalue weighted by atomic mass is 16.5. The smallest absolute Gasteiger partial charge is 0.191 e. The van der Waals surface area contributed by atoms with Gasteiger partial charge >= 0.3 is 0 Å². The lowest BCUT2D eigenvalue weighted by atomic mass is 9.83. The van der Waals surface area contributed by atoms with Crippen LogP contribution < -0.4 is 10.6 Å². The van der Waals surface area contributed by atoms with Crippen LogP contribution in [0.2, 0.25) is 0 Å². The molecule has 0 saturated heterocycles. The van der Waals surface area contributed by atoms with E-state index in [1.54, 1.807) is 0 Å². The molecule has 1 fully saturated rings. The van der Waals surface area contributed by atoms with E-state index in [-0.39, 0.29) is 0 Å². The number of imidazole rings is 1. The first-order valence-electron chi connectivity index (χ1n) is 10.2. The van der Waals surface area contributed by atoms with Crippen molar-refractivity contribution in [3.8, 4) is 0 Å². The van der Waals surface area contributed by atoms with Gasteiger partial charge < -0.3 is 20.4 Å². The highest BCUT2D eigenvalue weighted by Gasteiger charge is 2.33. The Morgan fingerprint density at radius 3 is 2.81 bits per heavy atom. The Kier molecular flexibility index (Phi) is 7.10. The van der Waals surface area contributed by atoms with Gasteiger partial charge in [-0.1, -0.05) is 25.0 Å². The maximum absolute atomic E-state index is 5.61. The van der Waals surface area contributed by atoms with E-state index in [4.69, 9.17) is 4.74 Å². The van der Waals surface area contributed by atoms with Crippen LogP contribution in [0.4, 0.5) is 0 Å². The highest BCUT2D eigenvalue weighted by molar-refractivity contribution is 5.79. The van der Waals surface area contributed by atoms with Crippen LogP contribution in [-0.2, 0) is 11.2 Å². The number of aliphatic imine (C=N–C) groups is 1. The number of aromatic amines is 1. The highest BCUT2D eigenvalue weighted by Crippen LogP contribution is 2.40. The van der Waals surface area contributed by atoms with Gasteiger partial charge in [0.25, 0.3) is 0 Å². The first-order valence-corrected chi connectivity index (χ1v) is 10.2. The molecule has 148 valence electrons. The third-order valence-electron chi connectivity index (χ3n) is 5.59. The fourth-order valence-electron chi connectivity index (χ4n) is 3.99. The fraction of sp³-hybridized carbons (Fsp3) is 0.619. The third kappa shape index (κ3) is 5.45. The first-order chi connectivity index (χ1) is 13.2. The summed E-state index contributed by atoms with van der Waals surface area (Å²) in [7, 11) is 1.83. The summed E-state index contributed by atoms with van der Waals surface area (Å²) in [4.78, 5) is 12.4. The topological polar surface area (TPSA) is 74.3 Å². The van der Waals surface area contributed by atoms with Crippen molar-refractivity contribution < 1.29 is 4.74 Å². The molecule has 1 saturated carbocycles. The number of para-hydroxylation sites is 2. The molecule has 0 spiro atoms. The molecule has 0 amide bonds. The maximum Gasteiger partial charge on any atom is 0.191 e. The summed E-state index contributed by atoms with van der Waals surface area (Å²) >= 11 is 0. The molecule has 6 heteroatoms. The van der Waals surface area contributed by atoms with Gasteiger partial charge in [-0.2, -0.15) is 0 Å². The fourth-order valence-corrected chi connectivity index (χ4v) is 3.99. The van der Waals surface area contributed by atoms with Crippen molar-refractivity contribution in [3.63, 3.8) is 0 Å². The molecule has 0 aliphatic heterocycles. The van der Waals surface area contributed by atoms with Gasteiger partial charge in [0.2, 0.25) is 0 Å². The number of nitrogens with zero attached hydrogens (tertiary/aromatic N) is 2. The van der Waals surface area contributed by atoms with E-state index in [9.17, 15) is 0 Å². The number of hydrogen-bond donors (Lipinski definition) is 3. The van der Waals surface area contributed by atoms with E-state index < -0.39 is 0 Å². The summed E-state index contributed by atoms with van der Waals surface area (Å²) in [5.41, 5.74) is 2.46. The van der Waals surface area contributed by atoms with Crippen LogP contribution in [0.1, 0.15) is 44.9 Å². The number of H-pyrrole nitrogens is 1. The van der Waals surface area contributed by atoms with Crippen molar-refractivity contribution in [1.29, 1.82) is 0 Å². The second kappa shape index (κ2) is 9.74. The third-order valence-corrected chi connectivity index (χ3v) is 5.59. The van der Waals surface area contributed by atoms with Gasteiger partial charge in [-0.3, -0.25) is 4.99 Å². The quantitative estimate of drug-likeness (QED) is 0.359. The zero-order valence-corrected chi connectivity index (χ0v) is 16.7. The lowest BCUT2D eigenvalue weighted by molar-refractivity contribution is 0.105. The van der Waals surface area contributed by atoms with E-state index >= 15 is 0 Å². The van der Waals surface area contributed by atoms with Crippen molar-refractivity contribution in [3.05, 3.63) is 30.1 Å². The number of ether oxygens (including phenoxy) is 1. The van der Waals surface area contributed by atoms with E-state index in [0.29, 0.717) is 5.41 Å². The summed E-state index contributed by atoms with van der Waals surface area (Å²) in [6.07, 6.45) is 7.18. The molecule has 1 aliphatic rings. The molecule has 0 unspecified atom stereocenters. The second-order valence-corrected chi connectivity index (χ2v) is 7.46. The molecule has 0 radical (unpaired) electrons. The van der Waals surface area contributed by atoms with Crippen molar-refractivity contribution >= 4 is 17.0 Å². The van der Waals surface area contributed by atoms with E-state index in [1.165, 1.54) is 25.7 Å². The van der Waals surface area contributed by atoms with Gasteiger partial charge in [0.05, 0.1) is 11.0 Å². The van der Waals surface area contributed by atoms with Crippen molar-refractivity contribution in [2.45, 2.75) is 45.4 Å². The van der Waals surface area contributed by atoms with E-state index in [0.717, 1.165) is 62.0 Å². The van der Waals surface area contributed by atoms with Crippen molar-refractivity contribution in [2.75, 3.05) is 33.4 Å². The van der Waals surface area contributed by atoms with Gasteiger partial charge in [-0.15, -0.1) is 0 Å². The summed E-state index contributed by atoms with van der Waals surface area (Å²) in [6, 6.07) is 8.13. The molecular weight excluding hydrogens is 338 g/mol. The summed E-state index contributed by atoms with van der Waals surface area (Å²) < 4.78 is 5.61. The Bertz CT molecular complexity index is 700. The van der Waals surface area contributed by atoms with Crippen LogP contribution in [-0.4, -0.2) is 49.3 Å². The number of nitrogens with one attached hydrogen (secondary N) is 3. The van der Waals surface area contributed by atoms with E-state index in [2.05, 4.69) is 38.6 Å². The Hall–Kier alpha value is -2.08. The Labute approximate surface area is 162 Å². The Balaban J connectivity index is 1.45. The van der Waals surface area contributed by atoms with Crippen LogP contribution in [0.25, 0.3) is 11.0 Å². The van der Waals surface area contributed by atoms with E-state index in [1.807, 2.05) is 25.2 Å². The molecule has 1 aromatic heterocycles. The number of hydrogen-bond acceptors (Lipinski definition) is 3. The first kappa shape index (κ1) is 19.7. The Morgan fingerprint density at radius 1 is 1.26 bits per heavy atom. The molecule has 3 rings (SSSR count). The monoisotopic (exact) mass is 371 g/mol. The molecule has 1 aromatic carbocycles. The average molecular weight is 372 g/mol. The molecule has 1 aliphatic carbocycles. The van der Waals surface area contributed by atoms with Crippen LogP contribution in [0, 0.1) is 5.41 Å². The summed E-state index contributed by atoms with van der Waals surface area (Å²) in [5, 5.41) is 6.96. The minimum absolute atomic E-state index is 0.353. The predicted molar refractivity (Wildman–Crippen MR) is 111 cm³/mol. The molecule has 1 heterocycles. The van der Waals surface area contributed by atoms with Gasteiger partial charge in [0.1, 0.15) is 5.82 Å². The molecule has 0 atom stereocenters. The normalized spacial score (nSPS) is 16.7. The minimum Gasteiger partial charge on any atom is -0.382 e. The van der Waals surface area contributed by atoms with Crippen molar-refractivity contribution in [2.24, 2.45) is 10.4 Å². The lowest BCUT2D eigenvalue weighted by Crippen LogP contribution is -2.44. The SMILES string of the molecule is CCOCCC1(CNC(=NC)NCCc2nc3ccccc3[nH]2)CCCC1. The maximum atomic E-state index is 5.61. The largest absolute Gasteiger partial charge is 0.382 e. The zero-order valence-electron chi connectivity index (χ0n) is 16.7. The molecular formula is C21H33N5O. The van der Waals surface area contributed by atoms with Gasteiger partial charge in [-0.25, -0.2) is 4.98 Å². The Morgan fingerprint density at radius 2 is 2.07 bits per heavy atom. The van der Waals surface area contributed by atoms with Gasteiger partial charge in [-0.05, 0) is 43.7 Å². The van der Waals surface area contributed by atoms with Crippen LogP contribution in [0.15, 0.2) is 29.3 Å². The lowest BCUT2D eigenvalue weighted by Gasteiger charge is -2.30. The van der Waals surface area contributed by atoms with Crippen LogP contribution in [0.3, 0.4) is 0 Å². The average Bonchev–Trinajstić information content (AvgIpc) is 3.31. The number of rotatable bonds is 9. The van der Waals surface area contributed by atoms with Crippen molar-refractivity contribution in [1.82, 2.24) is 20.6 Å². The number of aromatic nitrogens is 2. The van der Waals surface area contributed by atoms with Crippen LogP contribution in [0.5, 0.6) is 0 Å². The number of guanidine groups is 1. The molecule has 27 heavy (non-hydrogen) atoms. The standard InChI is InChI=1S/C21H33N5O/c1-3-27-15-13-21(11-6-7-12-21)16-24-20(22-2)23-14-10-19-25-17-8-4-5-9-18(17)26-19/h4-5,8-9H,3,6-7,10-16H2,1-2H3,(H,25,26)(H2,22,23,24). The minimum atomic E-state index is 0.353. The zero-order chi connectivity index (χ0) is 19.0. The molecule has 0 bridgehead atoms. The van der Waals surface area contributed by atoms with Gasteiger partial charge in [0, 0.05) is 39.8 Å². The molecule has 3 N–H and O–H groups in total. The molecule has 2 aromatic rings. The van der Waals surface area contributed by atoms with Gasteiger partial charge in [0.15, 0.2) is 5.96 Å². The number of benzene rings is 1. The number of fused-ring (bicyclic) bond motifs is 1. The van der Waals surface area contributed by atoms with Crippen LogP contribution >= 0.6 is 0 Å². The predicted octanol–water partition coefficient (Wildman–Crippen LogP) is 3.26. The summed E-state index contributed by atoms with van der Waals surface area (Å²) in [5.74, 6) is 1.87. The second-order valence-electron chi connectivity index (χ2n) is 7.46.